The Hall–Kier alpha value is -1.77. The second kappa shape index (κ2) is 42.8. The van der Waals surface area contributed by atoms with Gasteiger partial charge in [-0.3, -0.25) is 18.6 Å². The van der Waals surface area contributed by atoms with Crippen molar-refractivity contribution in [2.45, 2.75) is 219 Å². The molecular formula is C46H86NO8P. The van der Waals surface area contributed by atoms with Gasteiger partial charge in [0.05, 0.1) is 13.2 Å². The molecule has 2 unspecified atom stereocenters. The molecule has 0 aromatic heterocycles. The fourth-order valence-corrected chi connectivity index (χ4v) is 7.04. The van der Waals surface area contributed by atoms with Gasteiger partial charge in [-0.1, -0.05) is 166 Å². The van der Waals surface area contributed by atoms with Gasteiger partial charge in [-0.25, -0.2) is 4.57 Å². The molecule has 0 aliphatic carbocycles. The van der Waals surface area contributed by atoms with Crippen molar-refractivity contribution in [2.75, 3.05) is 26.4 Å². The first-order valence-electron chi connectivity index (χ1n) is 23.0. The summed E-state index contributed by atoms with van der Waals surface area (Å²) in [5, 5.41) is 12.7. The highest BCUT2D eigenvalue weighted by Gasteiger charge is 2.23. The molecule has 0 fully saturated rings. The minimum absolute atomic E-state index is 0.0771. The molecule has 0 radical (unpaired) electrons. The van der Waals surface area contributed by atoms with E-state index in [2.05, 4.69) is 55.6 Å². The maximum atomic E-state index is 12.1. The van der Waals surface area contributed by atoms with Crippen LogP contribution in [-0.2, 0) is 27.9 Å². The zero-order valence-electron chi connectivity index (χ0n) is 36.1. The Morgan fingerprint density at radius 1 is 0.554 bits per heavy atom. The molecule has 2 atom stereocenters. The Kier molecular flexibility index (Phi) is 41.5. The van der Waals surface area contributed by atoms with E-state index in [1.165, 1.54) is 135 Å². The number of hydrogen-bond acceptors (Lipinski definition) is 7. The van der Waals surface area contributed by atoms with Crippen molar-refractivity contribution in [3.05, 3.63) is 36.5 Å². The topological polar surface area (TPSA) is 131 Å². The molecule has 328 valence electrons. The Morgan fingerprint density at radius 3 is 1.46 bits per heavy atom. The number of unbranched alkanes of at least 4 members (excludes halogenated alkanes) is 24. The van der Waals surface area contributed by atoms with Crippen LogP contribution in [0.15, 0.2) is 36.5 Å². The normalized spacial score (nSPS) is 13.6. The van der Waals surface area contributed by atoms with E-state index in [0.717, 1.165) is 51.4 Å². The Balaban J connectivity index is 3.60. The van der Waals surface area contributed by atoms with E-state index < -0.39 is 26.5 Å². The van der Waals surface area contributed by atoms with Gasteiger partial charge in [-0.2, -0.15) is 0 Å². The molecule has 0 saturated carbocycles. The van der Waals surface area contributed by atoms with Gasteiger partial charge in [0.25, 0.3) is 0 Å². The van der Waals surface area contributed by atoms with Crippen molar-refractivity contribution in [3.8, 4) is 0 Å². The van der Waals surface area contributed by atoms with Crippen LogP contribution in [0.25, 0.3) is 0 Å². The van der Waals surface area contributed by atoms with Crippen LogP contribution in [0, 0.1) is 0 Å². The number of allylic oxidation sites excluding steroid dienone is 6. The lowest BCUT2D eigenvalue weighted by molar-refractivity contribution is -0.147. The number of aliphatic hydroxyl groups is 1. The highest BCUT2D eigenvalue weighted by Crippen LogP contribution is 2.42. The average Bonchev–Trinajstić information content (AvgIpc) is 3.18. The predicted octanol–water partition coefficient (Wildman–Crippen LogP) is 12.9. The number of amides is 1. The fraction of sp³-hybridized carbons (Fsp3) is 0.826. The minimum atomic E-state index is -4.42. The minimum Gasteiger partial charge on any atom is -0.463 e. The Labute approximate surface area is 343 Å². The quantitative estimate of drug-likeness (QED) is 0.0240. The smallest absolute Gasteiger partial charge is 0.463 e. The number of hydrogen-bond donors (Lipinski definition) is 3. The first kappa shape index (κ1) is 54.2. The van der Waals surface area contributed by atoms with E-state index in [-0.39, 0.29) is 32.1 Å². The van der Waals surface area contributed by atoms with Gasteiger partial charge in [0, 0.05) is 19.4 Å². The molecule has 10 heteroatoms. The fourth-order valence-electron chi connectivity index (χ4n) is 6.29. The summed E-state index contributed by atoms with van der Waals surface area (Å²) in [6.45, 7) is 3.53. The zero-order valence-corrected chi connectivity index (χ0v) is 37.0. The molecule has 0 aromatic carbocycles. The monoisotopic (exact) mass is 812 g/mol. The number of phosphoric acid groups is 1. The first-order chi connectivity index (χ1) is 27.3. The lowest BCUT2D eigenvalue weighted by Crippen LogP contribution is -2.27. The SMILES string of the molecule is CCCCCC/C=C\C/C=C\CCCCCCCCCC(=O)NCCOP(=O)(O)OCC(O)COC(=O)CCCCCCCCC/C=C\CCCCCCCC. The molecule has 0 aliphatic rings. The number of ether oxygens (including phenoxy) is 1. The lowest BCUT2D eigenvalue weighted by Gasteiger charge is -2.15. The molecule has 3 N–H and O–H groups in total. The highest BCUT2D eigenvalue weighted by atomic mass is 31.2. The third-order valence-electron chi connectivity index (χ3n) is 9.79. The summed E-state index contributed by atoms with van der Waals surface area (Å²) >= 11 is 0. The number of nitrogens with one attached hydrogen (secondary N) is 1. The Morgan fingerprint density at radius 2 is 0.964 bits per heavy atom. The highest BCUT2D eigenvalue weighted by molar-refractivity contribution is 7.47. The second-order valence-electron chi connectivity index (χ2n) is 15.4. The number of carbonyl (C=O) groups excluding carboxylic acids is 2. The molecular weight excluding hydrogens is 725 g/mol. The summed E-state index contributed by atoms with van der Waals surface area (Å²) in [6, 6.07) is 0. The van der Waals surface area contributed by atoms with E-state index in [1.807, 2.05) is 0 Å². The van der Waals surface area contributed by atoms with Gasteiger partial charge < -0.3 is 20.1 Å². The molecule has 0 aromatic rings. The molecule has 0 spiro atoms. The van der Waals surface area contributed by atoms with Gasteiger partial charge in [-0.05, 0) is 70.6 Å². The van der Waals surface area contributed by atoms with Crippen molar-refractivity contribution in [3.63, 3.8) is 0 Å². The predicted molar refractivity (Wildman–Crippen MR) is 234 cm³/mol. The third kappa shape index (κ3) is 43.4. The third-order valence-corrected chi connectivity index (χ3v) is 10.8. The number of esters is 1. The van der Waals surface area contributed by atoms with Crippen LogP contribution >= 0.6 is 7.82 Å². The van der Waals surface area contributed by atoms with Crippen LogP contribution in [0.3, 0.4) is 0 Å². The lowest BCUT2D eigenvalue weighted by atomic mass is 10.1. The van der Waals surface area contributed by atoms with Gasteiger partial charge in [-0.15, -0.1) is 0 Å². The van der Waals surface area contributed by atoms with E-state index in [9.17, 15) is 24.2 Å². The summed E-state index contributed by atoms with van der Waals surface area (Å²) < 4.78 is 26.9. The van der Waals surface area contributed by atoms with Crippen LogP contribution in [0.2, 0.25) is 0 Å². The van der Waals surface area contributed by atoms with Crippen LogP contribution in [0.5, 0.6) is 0 Å². The molecule has 1 amide bonds. The summed E-state index contributed by atoms with van der Waals surface area (Å²) in [6.07, 6.45) is 47.8. The summed E-state index contributed by atoms with van der Waals surface area (Å²) in [4.78, 5) is 33.9. The summed E-state index contributed by atoms with van der Waals surface area (Å²) in [5.74, 6) is -0.525. The van der Waals surface area contributed by atoms with Crippen LogP contribution in [-0.4, -0.2) is 54.3 Å². The second-order valence-corrected chi connectivity index (χ2v) is 16.8. The van der Waals surface area contributed by atoms with Gasteiger partial charge in [0.1, 0.15) is 12.7 Å². The van der Waals surface area contributed by atoms with Gasteiger partial charge in [0.2, 0.25) is 5.91 Å². The van der Waals surface area contributed by atoms with Crippen molar-refractivity contribution < 1.29 is 37.9 Å². The number of aliphatic hydroxyl groups excluding tert-OH is 1. The number of rotatable bonds is 43. The Bertz CT molecular complexity index is 1020. The van der Waals surface area contributed by atoms with Crippen molar-refractivity contribution in [1.29, 1.82) is 0 Å². The van der Waals surface area contributed by atoms with Gasteiger partial charge in [0.15, 0.2) is 0 Å². The molecule has 0 saturated heterocycles. The molecule has 0 heterocycles. The average molecular weight is 812 g/mol. The molecule has 9 nitrogen and oxygen atoms in total. The first-order valence-corrected chi connectivity index (χ1v) is 24.5. The summed E-state index contributed by atoms with van der Waals surface area (Å²) in [5.41, 5.74) is 0. The molecule has 0 rings (SSSR count). The molecule has 56 heavy (non-hydrogen) atoms. The number of carbonyl (C=O) groups is 2. The van der Waals surface area contributed by atoms with E-state index in [0.29, 0.717) is 6.42 Å². The van der Waals surface area contributed by atoms with E-state index in [1.54, 1.807) is 0 Å². The van der Waals surface area contributed by atoms with E-state index in [4.69, 9.17) is 13.8 Å². The maximum absolute atomic E-state index is 12.1. The van der Waals surface area contributed by atoms with Crippen LogP contribution in [0.1, 0.15) is 213 Å². The molecule has 0 bridgehead atoms. The number of phosphoric ester groups is 1. The van der Waals surface area contributed by atoms with Crippen LogP contribution in [0.4, 0.5) is 0 Å². The van der Waals surface area contributed by atoms with Gasteiger partial charge >= 0.3 is 13.8 Å². The van der Waals surface area contributed by atoms with Crippen molar-refractivity contribution in [1.82, 2.24) is 5.32 Å². The van der Waals surface area contributed by atoms with Crippen molar-refractivity contribution >= 4 is 19.7 Å². The van der Waals surface area contributed by atoms with Crippen molar-refractivity contribution in [2.24, 2.45) is 0 Å². The zero-order chi connectivity index (χ0) is 41.1. The molecule has 0 aliphatic heterocycles. The summed E-state index contributed by atoms with van der Waals surface area (Å²) in [7, 11) is -4.42. The standard InChI is InChI=1S/C46H86NO8P/c1-3-5-7-9-11-13-15-17-19-21-23-24-26-28-30-32-34-36-38-45(49)47-40-41-54-56(51,52)55-43-44(48)42-53-46(50)39-37-35-33-31-29-27-25-22-20-18-16-14-12-10-8-6-4-2/h13,15,18-21,44,48H,3-12,14,16-17,22-43H2,1-2H3,(H,47,49)(H,51,52)/b15-13-,20-18-,21-19-. The van der Waals surface area contributed by atoms with E-state index >= 15 is 0 Å². The maximum Gasteiger partial charge on any atom is 0.472 e. The van der Waals surface area contributed by atoms with Crippen LogP contribution < -0.4 is 5.32 Å². The largest absolute Gasteiger partial charge is 0.472 e.